The molecule has 1 fully saturated rings. The van der Waals surface area contributed by atoms with E-state index in [2.05, 4.69) is 29.3 Å². The molecule has 110 valence electrons. The summed E-state index contributed by atoms with van der Waals surface area (Å²) in [5, 5.41) is 13.5. The fourth-order valence-electron chi connectivity index (χ4n) is 3.10. The number of aliphatic hydroxyl groups excluding tert-OH is 1. The Labute approximate surface area is 118 Å². The van der Waals surface area contributed by atoms with Crippen LogP contribution in [0.15, 0.2) is 12.2 Å². The Bertz CT molecular complexity index is 272. The fourth-order valence-corrected chi connectivity index (χ4v) is 3.10. The molecule has 1 aliphatic carbocycles. The summed E-state index contributed by atoms with van der Waals surface area (Å²) in [4.78, 5) is 2.41. The molecule has 2 N–H and O–H groups in total. The fraction of sp³-hybridized carbons (Fsp3) is 0.875. The number of allylic oxidation sites excluding steroid dienone is 2. The summed E-state index contributed by atoms with van der Waals surface area (Å²) in [6.45, 7) is 7.28. The molecule has 19 heavy (non-hydrogen) atoms. The summed E-state index contributed by atoms with van der Waals surface area (Å²) < 4.78 is 0. The van der Waals surface area contributed by atoms with Crippen LogP contribution in [0.3, 0.4) is 0 Å². The minimum Gasteiger partial charge on any atom is -0.390 e. The third-order valence-corrected chi connectivity index (χ3v) is 4.54. The molecule has 0 unspecified atom stereocenters. The monoisotopic (exact) mass is 266 g/mol. The molecule has 1 heterocycles. The van der Waals surface area contributed by atoms with Crippen LogP contribution in [0.25, 0.3) is 0 Å². The van der Waals surface area contributed by atoms with Crippen LogP contribution in [0.4, 0.5) is 0 Å². The van der Waals surface area contributed by atoms with E-state index < -0.39 is 0 Å². The molecule has 3 nitrogen and oxygen atoms in total. The van der Waals surface area contributed by atoms with Crippen molar-refractivity contribution in [3.8, 4) is 0 Å². The second-order valence-electron chi connectivity index (χ2n) is 6.45. The number of nitrogens with one attached hydrogen (secondary N) is 1. The molecule has 0 aromatic heterocycles. The lowest BCUT2D eigenvalue weighted by atomic mass is 9.94. The van der Waals surface area contributed by atoms with Gasteiger partial charge in [-0.25, -0.2) is 0 Å². The van der Waals surface area contributed by atoms with Gasteiger partial charge in [0.05, 0.1) is 6.10 Å². The first-order chi connectivity index (χ1) is 9.24. The maximum atomic E-state index is 10.1. The number of hydrogen-bond acceptors (Lipinski definition) is 3. The number of piperidine rings is 1. The number of hydrogen-bond donors (Lipinski definition) is 2. The minimum absolute atomic E-state index is 0.215. The molecular formula is C16H30N2O. The van der Waals surface area contributed by atoms with Crippen molar-refractivity contribution in [1.82, 2.24) is 10.2 Å². The maximum Gasteiger partial charge on any atom is 0.0791 e. The van der Waals surface area contributed by atoms with E-state index in [0.717, 1.165) is 44.6 Å². The molecule has 3 heteroatoms. The summed E-state index contributed by atoms with van der Waals surface area (Å²) in [5.74, 6) is 1.64. The van der Waals surface area contributed by atoms with Crippen molar-refractivity contribution in [3.05, 3.63) is 12.2 Å². The SMILES string of the molecule is CC1CCN(C[C@H](O)CNC[C@@H]2CC=CCC2)CC1. The van der Waals surface area contributed by atoms with Gasteiger partial charge in [0.15, 0.2) is 0 Å². The van der Waals surface area contributed by atoms with Gasteiger partial charge in [-0.3, -0.25) is 0 Å². The zero-order valence-corrected chi connectivity index (χ0v) is 12.4. The highest BCUT2D eigenvalue weighted by Gasteiger charge is 2.18. The highest BCUT2D eigenvalue weighted by Crippen LogP contribution is 2.17. The molecule has 2 atom stereocenters. The van der Waals surface area contributed by atoms with Crippen LogP contribution in [0, 0.1) is 11.8 Å². The molecule has 2 aliphatic rings. The zero-order chi connectivity index (χ0) is 13.5. The highest BCUT2D eigenvalue weighted by molar-refractivity contribution is 4.90. The second kappa shape index (κ2) is 8.03. The van der Waals surface area contributed by atoms with Crippen LogP contribution in [0.1, 0.15) is 39.0 Å². The van der Waals surface area contributed by atoms with Crippen molar-refractivity contribution in [2.75, 3.05) is 32.7 Å². The molecule has 2 rings (SSSR count). The van der Waals surface area contributed by atoms with Gasteiger partial charge in [0, 0.05) is 13.1 Å². The number of likely N-dealkylation sites (tertiary alicyclic amines) is 1. The third kappa shape index (κ3) is 5.64. The minimum atomic E-state index is -0.215. The molecule has 0 aromatic rings. The lowest BCUT2D eigenvalue weighted by Gasteiger charge is -2.31. The smallest absolute Gasteiger partial charge is 0.0791 e. The van der Waals surface area contributed by atoms with Gasteiger partial charge >= 0.3 is 0 Å². The van der Waals surface area contributed by atoms with E-state index in [1.807, 2.05) is 0 Å². The van der Waals surface area contributed by atoms with Crippen LogP contribution < -0.4 is 5.32 Å². The number of β-amino-alcohol motifs (C(OH)–C–C–N with tert-alkyl or cyclic N) is 1. The second-order valence-corrected chi connectivity index (χ2v) is 6.45. The van der Waals surface area contributed by atoms with E-state index in [-0.39, 0.29) is 6.10 Å². The predicted molar refractivity (Wildman–Crippen MR) is 80.2 cm³/mol. The topological polar surface area (TPSA) is 35.5 Å². The first kappa shape index (κ1) is 15.0. The van der Waals surface area contributed by atoms with E-state index in [9.17, 15) is 5.11 Å². The molecule has 0 spiro atoms. The predicted octanol–water partition coefficient (Wildman–Crippen LogP) is 2.03. The number of nitrogens with zero attached hydrogens (tertiary/aromatic N) is 1. The molecule has 1 aliphatic heterocycles. The van der Waals surface area contributed by atoms with Crippen LogP contribution >= 0.6 is 0 Å². The van der Waals surface area contributed by atoms with Gasteiger partial charge in [0.25, 0.3) is 0 Å². The Kier molecular flexibility index (Phi) is 6.35. The first-order valence-electron chi connectivity index (χ1n) is 8.00. The van der Waals surface area contributed by atoms with Gasteiger partial charge in [-0.15, -0.1) is 0 Å². The standard InChI is InChI=1S/C16H30N2O/c1-14-7-9-18(10-8-14)13-16(19)12-17-11-15-5-3-2-4-6-15/h2-3,14-17,19H,4-13H2,1H3/t15-,16-/m1/s1. The molecule has 0 amide bonds. The number of rotatable bonds is 6. The van der Waals surface area contributed by atoms with E-state index in [0.29, 0.717) is 0 Å². The van der Waals surface area contributed by atoms with Crippen molar-refractivity contribution in [2.45, 2.75) is 45.1 Å². The molecule has 0 aromatic carbocycles. The van der Waals surface area contributed by atoms with Crippen LogP contribution in [-0.4, -0.2) is 48.8 Å². The van der Waals surface area contributed by atoms with Crippen molar-refractivity contribution in [1.29, 1.82) is 0 Å². The van der Waals surface area contributed by atoms with E-state index in [4.69, 9.17) is 0 Å². The van der Waals surface area contributed by atoms with Gasteiger partial charge in [-0.05, 0) is 63.6 Å². The Balaban J connectivity index is 1.54. The highest BCUT2D eigenvalue weighted by atomic mass is 16.3. The third-order valence-electron chi connectivity index (χ3n) is 4.54. The lowest BCUT2D eigenvalue weighted by Crippen LogP contribution is -2.42. The zero-order valence-electron chi connectivity index (χ0n) is 12.4. The van der Waals surface area contributed by atoms with Crippen LogP contribution in [0.2, 0.25) is 0 Å². The van der Waals surface area contributed by atoms with Crippen molar-refractivity contribution in [3.63, 3.8) is 0 Å². The van der Waals surface area contributed by atoms with Gasteiger partial charge in [-0.2, -0.15) is 0 Å². The molecule has 0 bridgehead atoms. The average molecular weight is 266 g/mol. The molecule has 0 radical (unpaired) electrons. The molecular weight excluding hydrogens is 236 g/mol. The van der Waals surface area contributed by atoms with E-state index in [1.165, 1.54) is 32.1 Å². The number of aliphatic hydroxyl groups is 1. The maximum absolute atomic E-state index is 10.1. The van der Waals surface area contributed by atoms with Gasteiger partial charge in [0.1, 0.15) is 0 Å². The Morgan fingerprint density at radius 3 is 2.74 bits per heavy atom. The van der Waals surface area contributed by atoms with Crippen molar-refractivity contribution >= 4 is 0 Å². The van der Waals surface area contributed by atoms with Gasteiger partial charge < -0.3 is 15.3 Å². The average Bonchev–Trinajstić information content (AvgIpc) is 2.43. The molecule has 0 saturated carbocycles. The normalized spacial score (nSPS) is 27.6. The summed E-state index contributed by atoms with van der Waals surface area (Å²) in [5.41, 5.74) is 0. The van der Waals surface area contributed by atoms with Gasteiger partial charge in [-0.1, -0.05) is 19.1 Å². The van der Waals surface area contributed by atoms with Crippen molar-refractivity contribution in [2.24, 2.45) is 11.8 Å². The Morgan fingerprint density at radius 1 is 1.26 bits per heavy atom. The van der Waals surface area contributed by atoms with Crippen LogP contribution in [-0.2, 0) is 0 Å². The summed E-state index contributed by atoms with van der Waals surface area (Å²) in [6, 6.07) is 0. The van der Waals surface area contributed by atoms with Crippen molar-refractivity contribution < 1.29 is 5.11 Å². The van der Waals surface area contributed by atoms with E-state index in [1.54, 1.807) is 0 Å². The quantitative estimate of drug-likeness (QED) is 0.722. The molecule has 1 saturated heterocycles. The lowest BCUT2D eigenvalue weighted by molar-refractivity contribution is 0.0901. The largest absolute Gasteiger partial charge is 0.390 e. The van der Waals surface area contributed by atoms with E-state index >= 15 is 0 Å². The summed E-state index contributed by atoms with van der Waals surface area (Å²) in [7, 11) is 0. The summed E-state index contributed by atoms with van der Waals surface area (Å²) >= 11 is 0. The Hall–Kier alpha value is -0.380. The van der Waals surface area contributed by atoms with Crippen LogP contribution in [0.5, 0.6) is 0 Å². The summed E-state index contributed by atoms with van der Waals surface area (Å²) in [6.07, 6.45) is 10.7. The Morgan fingerprint density at radius 2 is 2.05 bits per heavy atom. The first-order valence-corrected chi connectivity index (χ1v) is 8.00. The van der Waals surface area contributed by atoms with Gasteiger partial charge in [0.2, 0.25) is 0 Å².